The van der Waals surface area contributed by atoms with Crippen molar-refractivity contribution in [1.82, 2.24) is 5.32 Å². The van der Waals surface area contributed by atoms with Gasteiger partial charge in [0.05, 0.1) is 0 Å². The molecule has 1 unspecified atom stereocenters. The molecule has 1 aromatic carbocycles. The zero-order chi connectivity index (χ0) is 13.9. The molecule has 0 heterocycles. The number of benzene rings is 1. The van der Waals surface area contributed by atoms with Gasteiger partial charge in [0.15, 0.2) is 0 Å². The minimum Gasteiger partial charge on any atom is -0.324 e. The van der Waals surface area contributed by atoms with E-state index in [0.717, 1.165) is 13.0 Å². The van der Waals surface area contributed by atoms with Crippen LogP contribution < -0.4 is 11.1 Å². The first-order chi connectivity index (χ1) is 8.27. The van der Waals surface area contributed by atoms with E-state index in [1.807, 2.05) is 7.05 Å². The summed E-state index contributed by atoms with van der Waals surface area (Å²) in [6.45, 7) is 12.1. The predicted octanol–water partition coefficient (Wildman–Crippen LogP) is 3.21. The zero-order valence-corrected chi connectivity index (χ0v) is 12.7. The van der Waals surface area contributed by atoms with Gasteiger partial charge >= 0.3 is 0 Å². The van der Waals surface area contributed by atoms with Crippen LogP contribution in [0.2, 0.25) is 0 Å². The van der Waals surface area contributed by atoms with Crippen LogP contribution in [0.4, 0.5) is 0 Å². The highest BCUT2D eigenvalue weighted by Crippen LogP contribution is 2.29. The Bertz CT molecular complexity index is 379. The number of nitrogens with two attached hydrogens (primary N) is 1. The van der Waals surface area contributed by atoms with Crippen LogP contribution in [0.3, 0.4) is 0 Å². The Morgan fingerprint density at radius 3 is 2.06 bits per heavy atom. The molecule has 0 saturated heterocycles. The first kappa shape index (κ1) is 15.2. The topological polar surface area (TPSA) is 38.0 Å². The van der Waals surface area contributed by atoms with Crippen LogP contribution >= 0.6 is 0 Å². The molecule has 0 spiro atoms. The van der Waals surface area contributed by atoms with Gasteiger partial charge in [0.25, 0.3) is 0 Å². The van der Waals surface area contributed by atoms with E-state index in [1.54, 1.807) is 0 Å². The van der Waals surface area contributed by atoms with Crippen molar-refractivity contribution in [2.24, 2.45) is 5.73 Å². The largest absolute Gasteiger partial charge is 0.324 e. The van der Waals surface area contributed by atoms with E-state index in [9.17, 15) is 0 Å². The monoisotopic (exact) mass is 248 g/mol. The molecule has 3 N–H and O–H groups in total. The van der Waals surface area contributed by atoms with Gasteiger partial charge in [0, 0.05) is 6.04 Å². The molecule has 2 heteroatoms. The maximum absolute atomic E-state index is 6.30. The van der Waals surface area contributed by atoms with E-state index in [0.29, 0.717) is 0 Å². The van der Waals surface area contributed by atoms with Gasteiger partial charge in [-0.1, -0.05) is 32.9 Å². The summed E-state index contributed by atoms with van der Waals surface area (Å²) in [6, 6.07) is 4.72. The van der Waals surface area contributed by atoms with Gasteiger partial charge in [-0.3, -0.25) is 0 Å². The van der Waals surface area contributed by atoms with Crippen LogP contribution in [-0.4, -0.2) is 13.6 Å². The van der Waals surface area contributed by atoms with Crippen molar-refractivity contribution in [3.8, 4) is 0 Å². The lowest BCUT2D eigenvalue weighted by molar-refractivity contribution is 0.583. The van der Waals surface area contributed by atoms with Gasteiger partial charge < -0.3 is 11.1 Å². The highest BCUT2D eigenvalue weighted by atomic mass is 14.8. The van der Waals surface area contributed by atoms with Crippen LogP contribution in [-0.2, 0) is 5.41 Å². The summed E-state index contributed by atoms with van der Waals surface area (Å²) < 4.78 is 0. The number of rotatable bonds is 4. The average molecular weight is 248 g/mol. The highest BCUT2D eigenvalue weighted by molar-refractivity contribution is 5.42. The van der Waals surface area contributed by atoms with E-state index in [1.165, 1.54) is 22.3 Å². The Hall–Kier alpha value is -0.860. The van der Waals surface area contributed by atoms with Gasteiger partial charge in [-0.15, -0.1) is 0 Å². The van der Waals surface area contributed by atoms with Gasteiger partial charge in [-0.25, -0.2) is 0 Å². The fourth-order valence-corrected chi connectivity index (χ4v) is 2.44. The molecular formula is C16H28N2. The lowest BCUT2D eigenvalue weighted by atomic mass is 9.82. The Labute approximate surface area is 112 Å². The van der Waals surface area contributed by atoms with Crippen molar-refractivity contribution in [3.05, 3.63) is 34.4 Å². The molecule has 0 aliphatic heterocycles. The van der Waals surface area contributed by atoms with E-state index in [4.69, 9.17) is 5.73 Å². The zero-order valence-electron chi connectivity index (χ0n) is 12.7. The third-order valence-electron chi connectivity index (χ3n) is 3.54. The van der Waals surface area contributed by atoms with Crippen LogP contribution in [0.25, 0.3) is 0 Å². The van der Waals surface area contributed by atoms with Crippen LogP contribution in [0, 0.1) is 13.8 Å². The third kappa shape index (κ3) is 3.56. The summed E-state index contributed by atoms with van der Waals surface area (Å²) in [5.41, 5.74) is 11.9. The molecule has 0 radical (unpaired) electrons. The van der Waals surface area contributed by atoms with Crippen molar-refractivity contribution in [2.45, 2.75) is 52.5 Å². The predicted molar refractivity (Wildman–Crippen MR) is 80.1 cm³/mol. The quantitative estimate of drug-likeness (QED) is 0.858. The second-order valence-electron chi connectivity index (χ2n) is 6.27. The molecule has 1 atom stereocenters. The van der Waals surface area contributed by atoms with Crippen molar-refractivity contribution in [2.75, 3.05) is 13.6 Å². The molecule has 0 bridgehead atoms. The second kappa shape index (κ2) is 5.85. The van der Waals surface area contributed by atoms with Crippen LogP contribution in [0.1, 0.15) is 55.5 Å². The van der Waals surface area contributed by atoms with Gasteiger partial charge in [0.2, 0.25) is 0 Å². The summed E-state index contributed by atoms with van der Waals surface area (Å²) in [6.07, 6.45) is 0.979. The molecule has 18 heavy (non-hydrogen) atoms. The molecule has 0 saturated carbocycles. The van der Waals surface area contributed by atoms with E-state index >= 15 is 0 Å². The van der Waals surface area contributed by atoms with Gasteiger partial charge in [0.1, 0.15) is 0 Å². The Balaban J connectivity index is 3.09. The standard InChI is InChI=1S/C16H28N2/c1-11-9-13(16(3,4)5)10-12(2)15(11)14(17)7-8-18-6/h9-10,14,18H,7-8,17H2,1-6H3. The molecular weight excluding hydrogens is 220 g/mol. The van der Waals surface area contributed by atoms with Crippen LogP contribution in [0.5, 0.6) is 0 Å². The molecule has 0 fully saturated rings. The Morgan fingerprint density at radius 2 is 1.67 bits per heavy atom. The smallest absolute Gasteiger partial charge is 0.0312 e. The normalized spacial score (nSPS) is 13.7. The van der Waals surface area contributed by atoms with Gasteiger partial charge in [-0.05, 0) is 61.5 Å². The van der Waals surface area contributed by atoms with E-state index in [2.05, 4.69) is 52.1 Å². The first-order valence-corrected chi connectivity index (χ1v) is 6.79. The fourth-order valence-electron chi connectivity index (χ4n) is 2.44. The average Bonchev–Trinajstić information content (AvgIpc) is 2.24. The molecule has 102 valence electrons. The summed E-state index contributed by atoms with van der Waals surface area (Å²) >= 11 is 0. The minimum atomic E-state index is 0.131. The summed E-state index contributed by atoms with van der Waals surface area (Å²) in [4.78, 5) is 0. The number of hydrogen-bond donors (Lipinski definition) is 2. The van der Waals surface area contributed by atoms with Crippen LogP contribution in [0.15, 0.2) is 12.1 Å². The van der Waals surface area contributed by atoms with E-state index < -0.39 is 0 Å². The lowest BCUT2D eigenvalue weighted by Crippen LogP contribution is -2.20. The Kier molecular flexibility index (Phi) is 4.94. The second-order valence-corrected chi connectivity index (χ2v) is 6.27. The fraction of sp³-hybridized carbons (Fsp3) is 0.625. The molecule has 0 aromatic heterocycles. The molecule has 1 rings (SSSR count). The van der Waals surface area contributed by atoms with Crippen molar-refractivity contribution in [1.29, 1.82) is 0 Å². The van der Waals surface area contributed by atoms with Crippen molar-refractivity contribution in [3.63, 3.8) is 0 Å². The number of aryl methyl sites for hydroxylation is 2. The summed E-state index contributed by atoms with van der Waals surface area (Å²) in [5, 5.41) is 3.16. The summed E-state index contributed by atoms with van der Waals surface area (Å²) in [7, 11) is 1.97. The van der Waals surface area contributed by atoms with E-state index in [-0.39, 0.29) is 11.5 Å². The lowest BCUT2D eigenvalue weighted by Gasteiger charge is -2.24. The number of hydrogen-bond acceptors (Lipinski definition) is 2. The highest BCUT2D eigenvalue weighted by Gasteiger charge is 2.18. The number of nitrogens with one attached hydrogen (secondary N) is 1. The Morgan fingerprint density at radius 1 is 1.17 bits per heavy atom. The molecule has 2 nitrogen and oxygen atoms in total. The van der Waals surface area contributed by atoms with Gasteiger partial charge in [-0.2, -0.15) is 0 Å². The minimum absolute atomic E-state index is 0.131. The molecule has 0 amide bonds. The third-order valence-corrected chi connectivity index (χ3v) is 3.54. The molecule has 0 aliphatic carbocycles. The van der Waals surface area contributed by atoms with Crippen molar-refractivity contribution < 1.29 is 0 Å². The maximum atomic E-state index is 6.30. The first-order valence-electron chi connectivity index (χ1n) is 6.79. The SMILES string of the molecule is CNCCC(N)c1c(C)cc(C(C)(C)C)cc1C. The maximum Gasteiger partial charge on any atom is 0.0312 e. The molecule has 1 aromatic rings. The molecule has 0 aliphatic rings. The van der Waals surface area contributed by atoms with Crippen molar-refractivity contribution >= 4 is 0 Å². The summed E-state index contributed by atoms with van der Waals surface area (Å²) in [5.74, 6) is 0.